The van der Waals surface area contributed by atoms with Gasteiger partial charge in [-0.15, -0.1) is 0 Å². The fourth-order valence-electron chi connectivity index (χ4n) is 4.29. The van der Waals surface area contributed by atoms with Crippen molar-refractivity contribution in [1.82, 2.24) is 9.66 Å². The lowest BCUT2D eigenvalue weighted by Crippen LogP contribution is -2.24. The van der Waals surface area contributed by atoms with Gasteiger partial charge < -0.3 is 10.1 Å². The van der Waals surface area contributed by atoms with Crippen LogP contribution >= 0.6 is 15.9 Å². The number of amides is 1. The molecule has 0 aliphatic rings. The second-order valence-corrected chi connectivity index (χ2v) is 10.1. The maximum absolute atomic E-state index is 13.6. The molecule has 0 bridgehead atoms. The van der Waals surface area contributed by atoms with Crippen molar-refractivity contribution < 1.29 is 9.53 Å². The first-order valence-corrected chi connectivity index (χ1v) is 13.5. The first-order chi connectivity index (χ1) is 18.9. The van der Waals surface area contributed by atoms with Gasteiger partial charge in [-0.2, -0.15) is 9.78 Å². The number of rotatable bonds is 8. The van der Waals surface area contributed by atoms with Crippen LogP contribution in [0.1, 0.15) is 37.6 Å². The van der Waals surface area contributed by atoms with E-state index in [1.54, 1.807) is 12.3 Å². The molecule has 0 aliphatic heterocycles. The summed E-state index contributed by atoms with van der Waals surface area (Å²) in [5.41, 5.74) is 1.73. The monoisotopic (exact) mass is 582 g/mol. The highest BCUT2D eigenvalue weighted by atomic mass is 79.9. The minimum Gasteiger partial charge on any atom is -0.483 e. The zero-order valence-corrected chi connectivity index (χ0v) is 23.2. The summed E-state index contributed by atoms with van der Waals surface area (Å²) in [4.78, 5) is 30.9. The molecule has 0 fully saturated rings. The molecule has 0 spiro atoms. The second kappa shape index (κ2) is 11.6. The molecule has 5 aromatic rings. The fraction of sp³-hybridized carbons (Fsp3) is 0.161. The van der Waals surface area contributed by atoms with Gasteiger partial charge in [-0.3, -0.25) is 9.59 Å². The Labute approximate surface area is 234 Å². The first-order valence-electron chi connectivity index (χ1n) is 12.7. The molecule has 0 saturated carbocycles. The molecule has 7 nitrogen and oxygen atoms in total. The smallest absolute Gasteiger partial charge is 0.282 e. The molecule has 0 radical (unpaired) electrons. The molecule has 8 heteroatoms. The van der Waals surface area contributed by atoms with E-state index in [0.29, 0.717) is 33.7 Å². The van der Waals surface area contributed by atoms with Gasteiger partial charge in [0.25, 0.3) is 11.5 Å². The van der Waals surface area contributed by atoms with Crippen LogP contribution in [-0.4, -0.2) is 28.4 Å². The van der Waals surface area contributed by atoms with Gasteiger partial charge in [0.15, 0.2) is 6.61 Å². The summed E-state index contributed by atoms with van der Waals surface area (Å²) in [5.74, 6) is 0.790. The van der Waals surface area contributed by atoms with Gasteiger partial charge in [0.1, 0.15) is 11.6 Å². The molecule has 1 heterocycles. The Bertz CT molecular complexity index is 1750. The molecular weight excluding hydrogens is 556 g/mol. The highest BCUT2D eigenvalue weighted by Crippen LogP contribution is 2.27. The Morgan fingerprint density at radius 3 is 2.62 bits per heavy atom. The number of hydrogen-bond acceptors (Lipinski definition) is 5. The lowest BCUT2D eigenvalue weighted by Gasteiger charge is -2.15. The number of ether oxygens (including phenoxy) is 1. The third kappa shape index (κ3) is 5.76. The molecule has 0 unspecified atom stereocenters. The minimum atomic E-state index is -0.281. The van der Waals surface area contributed by atoms with E-state index in [4.69, 9.17) is 9.72 Å². The van der Waals surface area contributed by atoms with Gasteiger partial charge in [0.2, 0.25) is 0 Å². The van der Waals surface area contributed by atoms with E-state index in [9.17, 15) is 9.59 Å². The zero-order chi connectivity index (χ0) is 27.4. The lowest BCUT2D eigenvalue weighted by atomic mass is 10.0. The van der Waals surface area contributed by atoms with Gasteiger partial charge in [-0.1, -0.05) is 78.3 Å². The van der Waals surface area contributed by atoms with E-state index < -0.39 is 0 Å². The van der Waals surface area contributed by atoms with Crippen LogP contribution in [0, 0.1) is 0 Å². The van der Waals surface area contributed by atoms with E-state index in [2.05, 4.69) is 26.3 Å². The predicted octanol–water partition coefficient (Wildman–Crippen LogP) is 6.73. The van der Waals surface area contributed by atoms with Crippen molar-refractivity contribution in [3.63, 3.8) is 0 Å². The summed E-state index contributed by atoms with van der Waals surface area (Å²) in [6.07, 6.45) is 2.41. The van der Waals surface area contributed by atoms with E-state index >= 15 is 0 Å². The van der Waals surface area contributed by atoms with E-state index in [1.165, 1.54) is 4.68 Å². The summed E-state index contributed by atoms with van der Waals surface area (Å²) in [7, 11) is 0. The van der Waals surface area contributed by atoms with Crippen LogP contribution in [0.15, 0.2) is 99.3 Å². The normalized spacial score (nSPS) is 12.2. The molecule has 0 aliphatic carbocycles. The molecule has 1 amide bonds. The van der Waals surface area contributed by atoms with Gasteiger partial charge >= 0.3 is 0 Å². The number of carbonyl (C=O) groups excluding carboxylic acids is 1. The molecule has 4 aromatic carbocycles. The van der Waals surface area contributed by atoms with Gasteiger partial charge in [-0.05, 0) is 53.6 Å². The molecule has 1 N–H and O–H groups in total. The number of nitrogens with one attached hydrogen (secondary N) is 1. The topological polar surface area (TPSA) is 85.6 Å². The number of carbonyl (C=O) groups is 1. The van der Waals surface area contributed by atoms with E-state index in [0.717, 1.165) is 21.7 Å². The predicted molar refractivity (Wildman–Crippen MR) is 160 cm³/mol. The molecule has 1 aromatic heterocycles. The molecule has 1 atom stereocenters. The van der Waals surface area contributed by atoms with Crippen molar-refractivity contribution in [2.45, 2.75) is 26.2 Å². The minimum absolute atomic E-state index is 0.00724. The largest absolute Gasteiger partial charge is 0.483 e. The van der Waals surface area contributed by atoms with Gasteiger partial charge in [0.05, 0.1) is 17.1 Å². The van der Waals surface area contributed by atoms with Crippen LogP contribution < -0.4 is 15.6 Å². The Hall–Kier alpha value is -4.30. The SMILES string of the molecule is CC[C@H](C)c1nc2ccc(Br)cc2c(=O)n1N=Cc1c(OCC(=O)Nc2ccccc2)ccc2ccccc12. The summed E-state index contributed by atoms with van der Waals surface area (Å²) in [6.45, 7) is 3.89. The van der Waals surface area contributed by atoms with Crippen molar-refractivity contribution in [3.8, 4) is 5.75 Å². The van der Waals surface area contributed by atoms with Crippen LogP contribution in [0.2, 0.25) is 0 Å². The molecular formula is C31H27BrN4O3. The third-order valence-electron chi connectivity index (χ3n) is 6.54. The highest BCUT2D eigenvalue weighted by Gasteiger charge is 2.16. The first kappa shape index (κ1) is 26.3. The van der Waals surface area contributed by atoms with Crippen molar-refractivity contribution in [2.75, 3.05) is 11.9 Å². The Morgan fingerprint density at radius 1 is 1.05 bits per heavy atom. The standard InChI is InChI=1S/C31H27BrN4O3/c1-3-20(2)30-35-27-15-14-22(32)17-25(27)31(38)36(30)33-18-26-24-12-8-7-9-21(24)13-16-28(26)39-19-29(37)34-23-10-5-4-6-11-23/h4-18,20H,3,19H2,1-2H3,(H,34,37)/t20-/m0/s1. The number of hydrogen-bond donors (Lipinski definition) is 1. The maximum Gasteiger partial charge on any atom is 0.282 e. The van der Waals surface area contributed by atoms with Crippen LogP contribution in [0.3, 0.4) is 0 Å². The number of para-hydroxylation sites is 1. The molecule has 5 rings (SSSR count). The summed E-state index contributed by atoms with van der Waals surface area (Å²) in [5, 5.41) is 9.82. The van der Waals surface area contributed by atoms with Crippen molar-refractivity contribution in [2.24, 2.45) is 5.10 Å². The maximum atomic E-state index is 13.6. The number of fused-ring (bicyclic) bond motifs is 2. The number of halogens is 1. The van der Waals surface area contributed by atoms with Crippen LogP contribution in [-0.2, 0) is 4.79 Å². The fourth-order valence-corrected chi connectivity index (χ4v) is 4.65. The van der Waals surface area contributed by atoms with Crippen molar-refractivity contribution >= 4 is 55.4 Å². The van der Waals surface area contributed by atoms with Gasteiger partial charge in [-0.25, -0.2) is 4.98 Å². The lowest BCUT2D eigenvalue weighted by molar-refractivity contribution is -0.118. The van der Waals surface area contributed by atoms with Crippen molar-refractivity contribution in [3.05, 3.63) is 111 Å². The van der Waals surface area contributed by atoms with E-state index in [-0.39, 0.29) is 24.0 Å². The zero-order valence-electron chi connectivity index (χ0n) is 21.6. The summed E-state index contributed by atoms with van der Waals surface area (Å²) < 4.78 is 8.13. The Kier molecular flexibility index (Phi) is 7.84. The van der Waals surface area contributed by atoms with Gasteiger partial charge in [0, 0.05) is 21.6 Å². The summed E-state index contributed by atoms with van der Waals surface area (Å²) in [6, 6.07) is 26.3. The van der Waals surface area contributed by atoms with E-state index in [1.807, 2.05) is 92.7 Å². The average molecular weight is 583 g/mol. The Balaban J connectivity index is 1.55. The summed E-state index contributed by atoms with van der Waals surface area (Å²) >= 11 is 3.45. The van der Waals surface area contributed by atoms with Crippen LogP contribution in [0.25, 0.3) is 21.7 Å². The molecule has 196 valence electrons. The Morgan fingerprint density at radius 2 is 1.82 bits per heavy atom. The quantitative estimate of drug-likeness (QED) is 0.206. The third-order valence-corrected chi connectivity index (χ3v) is 7.03. The second-order valence-electron chi connectivity index (χ2n) is 9.20. The number of aromatic nitrogens is 2. The number of nitrogens with zero attached hydrogens (tertiary/aromatic N) is 3. The van der Waals surface area contributed by atoms with Crippen LogP contribution in [0.4, 0.5) is 5.69 Å². The van der Waals surface area contributed by atoms with Crippen molar-refractivity contribution in [1.29, 1.82) is 0 Å². The molecule has 39 heavy (non-hydrogen) atoms. The number of anilines is 1. The molecule has 0 saturated heterocycles. The van der Waals surface area contributed by atoms with Crippen LogP contribution in [0.5, 0.6) is 5.75 Å². The number of benzene rings is 4. The highest BCUT2D eigenvalue weighted by molar-refractivity contribution is 9.10. The average Bonchev–Trinajstić information content (AvgIpc) is 2.96.